The van der Waals surface area contributed by atoms with Gasteiger partial charge in [-0.25, -0.2) is 4.98 Å². The summed E-state index contributed by atoms with van der Waals surface area (Å²) in [5.74, 6) is 0.447. The topological polar surface area (TPSA) is 54.2 Å². The molecule has 0 unspecified atom stereocenters. The van der Waals surface area contributed by atoms with Crippen molar-refractivity contribution in [2.75, 3.05) is 20.1 Å². The van der Waals surface area contributed by atoms with Crippen LogP contribution in [0.25, 0.3) is 16.1 Å². The minimum absolute atomic E-state index is 0.316. The zero-order valence-corrected chi connectivity index (χ0v) is 21.3. The van der Waals surface area contributed by atoms with Crippen molar-refractivity contribution in [1.29, 1.82) is 0 Å². The molecule has 1 aliphatic rings. The molecule has 3 aromatic heterocycles. The number of rotatable bonds is 6. The minimum atomic E-state index is -1.15. The number of aliphatic hydroxyl groups is 1. The van der Waals surface area contributed by atoms with Crippen molar-refractivity contribution in [1.82, 2.24) is 19.4 Å². The first-order valence-electron chi connectivity index (χ1n) is 11.8. The highest BCUT2D eigenvalue weighted by Crippen LogP contribution is 2.50. The zero-order chi connectivity index (χ0) is 24.1. The molecule has 0 radical (unpaired) electrons. The lowest BCUT2D eigenvalue weighted by atomic mass is 9.62. The van der Waals surface area contributed by atoms with E-state index < -0.39 is 5.60 Å². The highest BCUT2D eigenvalue weighted by atomic mass is 32.1. The maximum absolute atomic E-state index is 12.5. The quantitative estimate of drug-likeness (QED) is 0.396. The maximum atomic E-state index is 12.5. The first kappa shape index (κ1) is 23.0. The van der Waals surface area contributed by atoms with Crippen LogP contribution in [-0.2, 0) is 5.60 Å². The van der Waals surface area contributed by atoms with E-state index in [1.807, 2.05) is 31.7 Å². The second-order valence-electron chi connectivity index (χ2n) is 10.2. The summed E-state index contributed by atoms with van der Waals surface area (Å²) in [4.78, 5) is 12.3. The lowest BCUT2D eigenvalue weighted by molar-refractivity contribution is -0.127. The number of nitrogens with zero attached hydrogens (tertiary/aromatic N) is 4. The molecule has 176 valence electrons. The van der Waals surface area contributed by atoms with Crippen molar-refractivity contribution in [2.24, 2.45) is 5.41 Å². The van der Waals surface area contributed by atoms with E-state index >= 15 is 0 Å². The molecule has 0 saturated carbocycles. The Balaban J connectivity index is 1.57. The fourth-order valence-electron chi connectivity index (χ4n) is 5.31. The van der Waals surface area contributed by atoms with Crippen LogP contribution in [0.1, 0.15) is 48.4 Å². The molecule has 0 aliphatic carbocycles. The van der Waals surface area contributed by atoms with E-state index in [4.69, 9.17) is 0 Å². The van der Waals surface area contributed by atoms with Gasteiger partial charge >= 0.3 is 0 Å². The molecule has 1 aliphatic heterocycles. The molecular weight excluding hydrogens is 440 g/mol. The van der Waals surface area contributed by atoms with E-state index in [0.717, 1.165) is 45.4 Å². The van der Waals surface area contributed by atoms with Crippen molar-refractivity contribution in [2.45, 2.75) is 39.2 Å². The maximum Gasteiger partial charge on any atom is 0.124 e. The lowest BCUT2D eigenvalue weighted by Gasteiger charge is -2.55. The molecule has 34 heavy (non-hydrogen) atoms. The van der Waals surface area contributed by atoms with E-state index in [0.29, 0.717) is 5.92 Å². The summed E-state index contributed by atoms with van der Waals surface area (Å²) in [6.45, 7) is 10.2. The third kappa shape index (κ3) is 3.80. The number of hydrogen-bond acceptors (Lipinski definition) is 5. The standard InChI is InChI=1S/C28H32N4OS/c1-19(2)21-6-8-23(9-7-21)28(33,27(4)17-31(5)18-27)24-12-25(14-29-13-24)32-11-10-22(16-32)26-15-30-20(3)34-26/h6-16,19,33H,17-18H2,1-5H3/t28-/m0/s1. The fraction of sp³-hybridized carbons (Fsp3) is 0.357. The normalized spacial score (nSPS) is 17.5. The van der Waals surface area contributed by atoms with E-state index in [9.17, 15) is 5.11 Å². The Morgan fingerprint density at radius 1 is 1.06 bits per heavy atom. The Hall–Kier alpha value is -2.80. The van der Waals surface area contributed by atoms with E-state index in [1.54, 1.807) is 11.3 Å². The number of pyridine rings is 1. The first-order valence-corrected chi connectivity index (χ1v) is 12.6. The van der Waals surface area contributed by atoms with Gasteiger partial charge in [0.1, 0.15) is 5.60 Å². The van der Waals surface area contributed by atoms with Gasteiger partial charge in [0, 0.05) is 54.4 Å². The van der Waals surface area contributed by atoms with Crippen LogP contribution in [0.3, 0.4) is 0 Å². The molecule has 0 spiro atoms. The molecule has 1 atom stereocenters. The van der Waals surface area contributed by atoms with Gasteiger partial charge in [-0.05, 0) is 43.1 Å². The van der Waals surface area contributed by atoms with Gasteiger partial charge in [-0.2, -0.15) is 0 Å². The zero-order valence-electron chi connectivity index (χ0n) is 20.5. The summed E-state index contributed by atoms with van der Waals surface area (Å²) in [6.07, 6.45) is 9.73. The Morgan fingerprint density at radius 3 is 2.41 bits per heavy atom. The molecular formula is C28H32N4OS. The summed E-state index contributed by atoms with van der Waals surface area (Å²) in [5, 5.41) is 13.5. The van der Waals surface area contributed by atoms with Gasteiger partial charge in [0.15, 0.2) is 0 Å². The number of hydrogen-bond donors (Lipinski definition) is 1. The summed E-state index contributed by atoms with van der Waals surface area (Å²) < 4.78 is 2.07. The van der Waals surface area contributed by atoms with Crippen LogP contribution in [0, 0.1) is 12.3 Å². The van der Waals surface area contributed by atoms with Gasteiger partial charge in [-0.1, -0.05) is 45.0 Å². The van der Waals surface area contributed by atoms with Gasteiger partial charge in [0.25, 0.3) is 0 Å². The molecule has 4 aromatic rings. The third-order valence-electron chi connectivity index (χ3n) is 7.14. The molecule has 5 nitrogen and oxygen atoms in total. The summed E-state index contributed by atoms with van der Waals surface area (Å²) in [6, 6.07) is 12.6. The van der Waals surface area contributed by atoms with Gasteiger partial charge in [0.2, 0.25) is 0 Å². The van der Waals surface area contributed by atoms with Crippen LogP contribution in [0.2, 0.25) is 0 Å². The molecule has 0 bridgehead atoms. The number of likely N-dealkylation sites (tertiary alicyclic amines) is 1. The lowest BCUT2D eigenvalue weighted by Crippen LogP contribution is -2.63. The van der Waals surface area contributed by atoms with Crippen molar-refractivity contribution in [3.63, 3.8) is 0 Å². The monoisotopic (exact) mass is 472 g/mol. The van der Waals surface area contributed by atoms with E-state index in [1.165, 1.54) is 5.56 Å². The minimum Gasteiger partial charge on any atom is -0.380 e. The highest BCUT2D eigenvalue weighted by molar-refractivity contribution is 7.15. The van der Waals surface area contributed by atoms with Gasteiger partial charge in [-0.3, -0.25) is 4.98 Å². The van der Waals surface area contributed by atoms with Crippen molar-refractivity contribution >= 4 is 11.3 Å². The number of aryl methyl sites for hydroxylation is 1. The number of aromatic nitrogens is 3. The molecule has 5 rings (SSSR count). The van der Waals surface area contributed by atoms with Gasteiger partial charge in [-0.15, -0.1) is 11.3 Å². The molecule has 0 amide bonds. The van der Waals surface area contributed by atoms with Crippen LogP contribution < -0.4 is 0 Å². The molecule has 4 heterocycles. The second-order valence-corrected chi connectivity index (χ2v) is 11.4. The summed E-state index contributed by atoms with van der Waals surface area (Å²) in [5.41, 5.74) is 3.60. The average Bonchev–Trinajstić information content (AvgIpc) is 3.47. The molecule has 1 N–H and O–H groups in total. The fourth-order valence-corrected chi connectivity index (χ4v) is 6.08. The summed E-state index contributed by atoms with van der Waals surface area (Å²) >= 11 is 1.69. The van der Waals surface area contributed by atoms with Crippen LogP contribution in [-0.4, -0.2) is 44.7 Å². The summed E-state index contributed by atoms with van der Waals surface area (Å²) in [7, 11) is 2.10. The Kier molecular flexibility index (Phi) is 5.71. The van der Waals surface area contributed by atoms with Crippen LogP contribution in [0.15, 0.2) is 67.4 Å². The Labute approximate surface area is 205 Å². The molecule has 1 aromatic carbocycles. The number of benzene rings is 1. The Morgan fingerprint density at radius 2 is 1.79 bits per heavy atom. The largest absolute Gasteiger partial charge is 0.380 e. The average molecular weight is 473 g/mol. The Bertz CT molecular complexity index is 1300. The van der Waals surface area contributed by atoms with Crippen molar-refractivity contribution < 1.29 is 5.11 Å². The van der Waals surface area contributed by atoms with Crippen LogP contribution >= 0.6 is 11.3 Å². The van der Waals surface area contributed by atoms with Crippen molar-refractivity contribution in [3.05, 3.63) is 89.1 Å². The first-order chi connectivity index (χ1) is 16.2. The molecule has 6 heteroatoms. The van der Waals surface area contributed by atoms with Gasteiger partial charge < -0.3 is 14.6 Å². The van der Waals surface area contributed by atoms with E-state index in [2.05, 4.69) is 89.8 Å². The van der Waals surface area contributed by atoms with Crippen molar-refractivity contribution in [3.8, 4) is 16.1 Å². The smallest absolute Gasteiger partial charge is 0.124 e. The third-order valence-corrected chi connectivity index (χ3v) is 8.11. The van der Waals surface area contributed by atoms with E-state index in [-0.39, 0.29) is 5.41 Å². The molecule has 1 fully saturated rings. The van der Waals surface area contributed by atoms with Crippen LogP contribution in [0.5, 0.6) is 0 Å². The second kappa shape index (κ2) is 8.45. The predicted molar refractivity (Wildman–Crippen MR) is 139 cm³/mol. The van der Waals surface area contributed by atoms with Crippen LogP contribution in [0.4, 0.5) is 0 Å². The number of thiazole rings is 1. The molecule has 1 saturated heterocycles. The van der Waals surface area contributed by atoms with Gasteiger partial charge in [0.05, 0.1) is 21.8 Å². The highest BCUT2D eigenvalue weighted by Gasteiger charge is 2.55. The SMILES string of the molecule is Cc1ncc(-c2ccn(-c3cncc([C@@](O)(c4ccc(C(C)C)cc4)C4(C)CN(C)C4)c3)c2)s1. The predicted octanol–water partition coefficient (Wildman–Crippen LogP) is 5.62.